The molecule has 6 heteroatoms. The number of ether oxygens (including phenoxy) is 1. The van der Waals surface area contributed by atoms with Gasteiger partial charge in [-0.1, -0.05) is 25.7 Å². The molecule has 0 spiro atoms. The minimum absolute atomic E-state index is 0.0258. The van der Waals surface area contributed by atoms with E-state index in [-0.39, 0.29) is 12.4 Å². The molecule has 21 heavy (non-hydrogen) atoms. The third kappa shape index (κ3) is 5.93. The molecule has 1 saturated carbocycles. The second kappa shape index (κ2) is 7.66. The van der Waals surface area contributed by atoms with Crippen molar-refractivity contribution in [3.8, 4) is 5.75 Å². The fourth-order valence-corrected chi connectivity index (χ4v) is 3.50. The van der Waals surface area contributed by atoms with E-state index in [2.05, 4.69) is 4.72 Å². The van der Waals surface area contributed by atoms with Crippen LogP contribution in [-0.4, -0.2) is 27.3 Å². The van der Waals surface area contributed by atoms with Gasteiger partial charge in [0, 0.05) is 12.2 Å². The Balaban J connectivity index is 1.64. The highest BCUT2D eigenvalue weighted by Gasteiger charge is 2.16. The summed E-state index contributed by atoms with van der Waals surface area (Å²) in [4.78, 5) is 0. The Morgan fingerprint density at radius 1 is 1.19 bits per heavy atom. The van der Waals surface area contributed by atoms with Gasteiger partial charge in [-0.05, 0) is 36.6 Å². The van der Waals surface area contributed by atoms with Crippen molar-refractivity contribution in [2.24, 2.45) is 5.92 Å². The van der Waals surface area contributed by atoms with Crippen molar-refractivity contribution < 1.29 is 13.2 Å². The number of nitrogen functional groups attached to an aromatic ring is 1. The summed E-state index contributed by atoms with van der Waals surface area (Å²) in [6.07, 6.45) is 5.99. The molecule has 0 aromatic heterocycles. The van der Waals surface area contributed by atoms with E-state index in [4.69, 9.17) is 10.5 Å². The molecule has 1 fully saturated rings. The Labute approximate surface area is 126 Å². The van der Waals surface area contributed by atoms with Gasteiger partial charge in [-0.2, -0.15) is 0 Å². The minimum atomic E-state index is -3.25. The Hall–Kier alpha value is -1.27. The molecule has 2 rings (SSSR count). The summed E-state index contributed by atoms with van der Waals surface area (Å²) in [6, 6.07) is 6.91. The Bertz CT molecular complexity index is 522. The highest BCUT2D eigenvalue weighted by molar-refractivity contribution is 7.89. The SMILES string of the molecule is Nc1ccc(OCCS(=O)(=O)NCCC2CCCC2)cc1. The molecule has 1 aliphatic rings. The summed E-state index contributed by atoms with van der Waals surface area (Å²) in [5.74, 6) is 1.30. The number of nitrogens with one attached hydrogen (secondary N) is 1. The molecule has 1 aliphatic carbocycles. The molecule has 0 saturated heterocycles. The topological polar surface area (TPSA) is 81.4 Å². The first-order chi connectivity index (χ1) is 10.1. The second-order valence-corrected chi connectivity index (χ2v) is 7.50. The fourth-order valence-electron chi connectivity index (χ4n) is 2.62. The van der Waals surface area contributed by atoms with Gasteiger partial charge in [0.2, 0.25) is 10.0 Å². The average molecular weight is 312 g/mol. The number of anilines is 1. The summed E-state index contributed by atoms with van der Waals surface area (Å²) < 4.78 is 31.7. The van der Waals surface area contributed by atoms with Gasteiger partial charge in [-0.25, -0.2) is 13.1 Å². The lowest BCUT2D eigenvalue weighted by Gasteiger charge is -2.11. The zero-order chi connectivity index (χ0) is 15.1. The molecule has 0 atom stereocenters. The van der Waals surface area contributed by atoms with Crippen molar-refractivity contribution in [1.29, 1.82) is 0 Å². The number of rotatable bonds is 8. The highest BCUT2D eigenvalue weighted by atomic mass is 32.2. The van der Waals surface area contributed by atoms with Crippen LogP contribution in [0.3, 0.4) is 0 Å². The summed E-state index contributed by atoms with van der Waals surface area (Å²) in [6.45, 7) is 0.678. The smallest absolute Gasteiger partial charge is 0.214 e. The first-order valence-electron chi connectivity index (χ1n) is 7.51. The third-order valence-electron chi connectivity index (χ3n) is 3.85. The summed E-state index contributed by atoms with van der Waals surface area (Å²) in [5.41, 5.74) is 6.23. The van der Waals surface area contributed by atoms with Crippen LogP contribution in [-0.2, 0) is 10.0 Å². The molecular weight excluding hydrogens is 288 g/mol. The molecule has 118 valence electrons. The lowest BCUT2D eigenvalue weighted by atomic mass is 10.1. The molecular formula is C15H24N2O3S. The van der Waals surface area contributed by atoms with Crippen LogP contribution in [0.5, 0.6) is 5.75 Å². The normalized spacial score (nSPS) is 16.2. The van der Waals surface area contributed by atoms with Crippen LogP contribution in [0.1, 0.15) is 32.1 Å². The number of benzene rings is 1. The molecule has 0 unspecified atom stereocenters. The van der Waals surface area contributed by atoms with Crippen LogP contribution >= 0.6 is 0 Å². The van der Waals surface area contributed by atoms with Crippen molar-refractivity contribution in [2.75, 3.05) is 24.6 Å². The van der Waals surface area contributed by atoms with Gasteiger partial charge in [-0.15, -0.1) is 0 Å². The monoisotopic (exact) mass is 312 g/mol. The largest absolute Gasteiger partial charge is 0.492 e. The van der Waals surface area contributed by atoms with Gasteiger partial charge < -0.3 is 10.5 Å². The average Bonchev–Trinajstić information content (AvgIpc) is 2.94. The van der Waals surface area contributed by atoms with Gasteiger partial charge in [0.15, 0.2) is 0 Å². The first kappa shape index (κ1) is 16.1. The quantitative estimate of drug-likeness (QED) is 0.721. The third-order valence-corrected chi connectivity index (χ3v) is 5.20. The van der Waals surface area contributed by atoms with E-state index in [1.165, 1.54) is 25.7 Å². The predicted molar refractivity (Wildman–Crippen MR) is 84.7 cm³/mol. The predicted octanol–water partition coefficient (Wildman–Crippen LogP) is 2.15. The Morgan fingerprint density at radius 2 is 1.86 bits per heavy atom. The molecule has 1 aromatic rings. The molecule has 3 N–H and O–H groups in total. The maximum Gasteiger partial charge on any atom is 0.214 e. The van der Waals surface area contributed by atoms with Gasteiger partial charge in [0.05, 0.1) is 5.75 Å². The molecule has 0 amide bonds. The van der Waals surface area contributed by atoms with E-state index in [1.54, 1.807) is 24.3 Å². The lowest BCUT2D eigenvalue weighted by Crippen LogP contribution is -2.30. The van der Waals surface area contributed by atoms with E-state index in [9.17, 15) is 8.42 Å². The van der Waals surface area contributed by atoms with Crippen molar-refractivity contribution in [1.82, 2.24) is 4.72 Å². The van der Waals surface area contributed by atoms with Crippen molar-refractivity contribution >= 4 is 15.7 Å². The maximum atomic E-state index is 11.8. The standard InChI is InChI=1S/C15H24N2O3S/c16-14-5-7-15(8-6-14)20-11-12-21(18,19)17-10-9-13-3-1-2-4-13/h5-8,13,17H,1-4,9-12,16H2. The number of sulfonamides is 1. The second-order valence-electron chi connectivity index (χ2n) is 5.57. The molecule has 5 nitrogen and oxygen atoms in total. The van der Waals surface area contributed by atoms with Gasteiger partial charge >= 0.3 is 0 Å². The van der Waals surface area contributed by atoms with Crippen LogP contribution in [0, 0.1) is 5.92 Å². The number of hydrogen-bond acceptors (Lipinski definition) is 4. The van der Waals surface area contributed by atoms with Crippen molar-refractivity contribution in [3.63, 3.8) is 0 Å². The van der Waals surface area contributed by atoms with Crippen LogP contribution in [0.2, 0.25) is 0 Å². The molecule has 0 bridgehead atoms. The summed E-state index contributed by atoms with van der Waals surface area (Å²) in [7, 11) is -3.25. The van der Waals surface area contributed by atoms with Crippen LogP contribution < -0.4 is 15.2 Å². The lowest BCUT2D eigenvalue weighted by molar-refractivity contribution is 0.340. The number of nitrogens with two attached hydrogens (primary N) is 1. The van der Waals surface area contributed by atoms with Crippen LogP contribution in [0.25, 0.3) is 0 Å². The maximum absolute atomic E-state index is 11.8. The van der Waals surface area contributed by atoms with Crippen molar-refractivity contribution in [3.05, 3.63) is 24.3 Å². The van der Waals surface area contributed by atoms with Crippen molar-refractivity contribution in [2.45, 2.75) is 32.1 Å². The summed E-state index contributed by atoms with van der Waals surface area (Å²) >= 11 is 0. The zero-order valence-electron chi connectivity index (χ0n) is 12.3. The first-order valence-corrected chi connectivity index (χ1v) is 9.16. The minimum Gasteiger partial charge on any atom is -0.492 e. The van der Waals surface area contributed by atoms with Crippen LogP contribution in [0.4, 0.5) is 5.69 Å². The van der Waals surface area contributed by atoms with E-state index in [0.29, 0.717) is 23.9 Å². The number of hydrogen-bond donors (Lipinski definition) is 2. The molecule has 1 aromatic carbocycles. The van der Waals surface area contributed by atoms with E-state index in [1.807, 2.05) is 0 Å². The van der Waals surface area contributed by atoms with Gasteiger partial charge in [0.25, 0.3) is 0 Å². The van der Waals surface area contributed by atoms with E-state index < -0.39 is 10.0 Å². The van der Waals surface area contributed by atoms with E-state index in [0.717, 1.165) is 6.42 Å². The Kier molecular flexibility index (Phi) is 5.87. The molecule has 0 radical (unpaired) electrons. The molecule has 0 aliphatic heterocycles. The van der Waals surface area contributed by atoms with Gasteiger partial charge in [-0.3, -0.25) is 0 Å². The molecule has 0 heterocycles. The van der Waals surface area contributed by atoms with Gasteiger partial charge in [0.1, 0.15) is 12.4 Å². The highest BCUT2D eigenvalue weighted by Crippen LogP contribution is 2.26. The fraction of sp³-hybridized carbons (Fsp3) is 0.600. The summed E-state index contributed by atoms with van der Waals surface area (Å²) in [5, 5.41) is 0. The zero-order valence-corrected chi connectivity index (χ0v) is 13.1. The van der Waals surface area contributed by atoms with Crippen LogP contribution in [0.15, 0.2) is 24.3 Å². The van der Waals surface area contributed by atoms with E-state index >= 15 is 0 Å². The Morgan fingerprint density at radius 3 is 2.52 bits per heavy atom.